The molecule has 0 aromatic heterocycles. The van der Waals surface area contributed by atoms with Crippen LogP contribution in [0.3, 0.4) is 0 Å². The molecule has 0 fully saturated rings. The predicted molar refractivity (Wildman–Crippen MR) is 74.0 cm³/mol. The standard InChI is InChI=1S/C11H14BNO3.C2H6/c1-2-11(14)13-6-5-8-7-9(12(15)16)3-4-10(8)13;1-2/h3-4,7,15-16H,2,5-6H2,1H3;1-2H3. The lowest BCUT2D eigenvalue weighted by Crippen LogP contribution is -2.30. The second-order valence-electron chi connectivity index (χ2n) is 3.91. The second kappa shape index (κ2) is 6.57. The normalized spacial score (nSPS) is 12.6. The van der Waals surface area contributed by atoms with Crippen molar-refractivity contribution in [2.45, 2.75) is 33.6 Å². The maximum absolute atomic E-state index is 11.6. The lowest BCUT2D eigenvalue weighted by molar-refractivity contribution is -0.118. The minimum atomic E-state index is -1.44. The Hall–Kier alpha value is -1.33. The third-order valence-corrected chi connectivity index (χ3v) is 2.90. The van der Waals surface area contributed by atoms with Gasteiger partial charge in [0.1, 0.15) is 0 Å². The van der Waals surface area contributed by atoms with E-state index < -0.39 is 7.12 Å². The molecule has 0 bridgehead atoms. The molecule has 5 heteroatoms. The van der Waals surface area contributed by atoms with Crippen LogP contribution in [0, 0.1) is 0 Å². The summed E-state index contributed by atoms with van der Waals surface area (Å²) in [6.07, 6.45) is 1.27. The van der Waals surface area contributed by atoms with Gasteiger partial charge in [0.15, 0.2) is 0 Å². The first-order valence-corrected chi connectivity index (χ1v) is 6.42. The topological polar surface area (TPSA) is 60.8 Å². The summed E-state index contributed by atoms with van der Waals surface area (Å²) in [4.78, 5) is 13.4. The van der Waals surface area contributed by atoms with Crippen molar-refractivity contribution in [2.24, 2.45) is 0 Å². The number of hydrogen-bond acceptors (Lipinski definition) is 3. The Bertz CT molecular complexity index is 421. The Kier molecular flexibility index (Phi) is 5.37. The quantitative estimate of drug-likeness (QED) is 0.758. The molecule has 0 unspecified atom stereocenters. The lowest BCUT2D eigenvalue weighted by atomic mass is 9.79. The second-order valence-corrected chi connectivity index (χ2v) is 3.91. The van der Waals surface area contributed by atoms with Gasteiger partial charge < -0.3 is 14.9 Å². The molecule has 0 saturated carbocycles. The van der Waals surface area contributed by atoms with Gasteiger partial charge >= 0.3 is 7.12 Å². The van der Waals surface area contributed by atoms with Gasteiger partial charge in [0.25, 0.3) is 0 Å². The first-order valence-electron chi connectivity index (χ1n) is 6.42. The summed E-state index contributed by atoms with van der Waals surface area (Å²) in [5.74, 6) is 0.107. The predicted octanol–water partition coefficient (Wildman–Crippen LogP) is 0.692. The summed E-state index contributed by atoms with van der Waals surface area (Å²) in [5.41, 5.74) is 2.38. The van der Waals surface area contributed by atoms with Crippen LogP contribution in [-0.2, 0) is 11.2 Å². The van der Waals surface area contributed by atoms with Crippen LogP contribution in [-0.4, -0.2) is 29.6 Å². The van der Waals surface area contributed by atoms with Crippen molar-refractivity contribution in [3.8, 4) is 0 Å². The van der Waals surface area contributed by atoms with Crippen molar-refractivity contribution in [1.82, 2.24) is 0 Å². The Labute approximate surface area is 108 Å². The SMILES string of the molecule is CC.CCC(=O)N1CCc2cc(B(O)O)ccc21. The Morgan fingerprint density at radius 2 is 2.06 bits per heavy atom. The zero-order valence-corrected chi connectivity index (χ0v) is 11.2. The monoisotopic (exact) mass is 249 g/mol. The van der Waals surface area contributed by atoms with Crippen LogP contribution in [0.4, 0.5) is 5.69 Å². The van der Waals surface area contributed by atoms with E-state index in [-0.39, 0.29) is 5.91 Å². The van der Waals surface area contributed by atoms with Crippen molar-refractivity contribution in [3.05, 3.63) is 23.8 Å². The number of nitrogens with zero attached hydrogens (tertiary/aromatic N) is 1. The van der Waals surface area contributed by atoms with Gasteiger partial charge in [-0.05, 0) is 23.5 Å². The number of benzene rings is 1. The maximum Gasteiger partial charge on any atom is 0.488 e. The number of anilines is 1. The molecule has 98 valence electrons. The van der Waals surface area contributed by atoms with E-state index in [1.165, 1.54) is 0 Å². The van der Waals surface area contributed by atoms with Gasteiger partial charge in [-0.25, -0.2) is 0 Å². The number of fused-ring (bicyclic) bond motifs is 1. The lowest BCUT2D eigenvalue weighted by Gasteiger charge is -2.16. The van der Waals surface area contributed by atoms with Crippen LogP contribution in [0.1, 0.15) is 32.8 Å². The molecule has 0 atom stereocenters. The molecular formula is C13H20BNO3. The molecule has 1 aliphatic rings. The number of hydrogen-bond donors (Lipinski definition) is 2. The summed E-state index contributed by atoms with van der Waals surface area (Å²) in [7, 11) is -1.44. The van der Waals surface area contributed by atoms with Gasteiger partial charge in [-0.3, -0.25) is 4.79 Å². The summed E-state index contributed by atoms with van der Waals surface area (Å²) >= 11 is 0. The van der Waals surface area contributed by atoms with E-state index in [1.54, 1.807) is 23.1 Å². The fourth-order valence-electron chi connectivity index (χ4n) is 2.03. The molecule has 1 aromatic rings. The average Bonchev–Trinajstić information content (AvgIpc) is 2.83. The molecule has 0 radical (unpaired) electrons. The molecular weight excluding hydrogens is 229 g/mol. The highest BCUT2D eigenvalue weighted by Crippen LogP contribution is 2.27. The highest BCUT2D eigenvalue weighted by Gasteiger charge is 2.24. The molecule has 0 spiro atoms. The zero-order valence-electron chi connectivity index (χ0n) is 11.2. The molecule has 2 N–H and O–H groups in total. The van der Waals surface area contributed by atoms with Gasteiger partial charge in [0, 0.05) is 18.7 Å². The van der Waals surface area contributed by atoms with E-state index in [9.17, 15) is 4.79 Å². The fourth-order valence-corrected chi connectivity index (χ4v) is 2.03. The number of carbonyl (C=O) groups excluding carboxylic acids is 1. The largest absolute Gasteiger partial charge is 0.488 e. The van der Waals surface area contributed by atoms with E-state index in [0.29, 0.717) is 18.4 Å². The van der Waals surface area contributed by atoms with Crippen LogP contribution in [0.25, 0.3) is 0 Å². The first kappa shape index (κ1) is 14.7. The highest BCUT2D eigenvalue weighted by molar-refractivity contribution is 6.58. The van der Waals surface area contributed by atoms with Crippen molar-refractivity contribution in [1.29, 1.82) is 0 Å². The van der Waals surface area contributed by atoms with Crippen molar-refractivity contribution in [2.75, 3.05) is 11.4 Å². The van der Waals surface area contributed by atoms with Gasteiger partial charge in [-0.2, -0.15) is 0 Å². The van der Waals surface area contributed by atoms with Crippen molar-refractivity contribution >= 4 is 24.2 Å². The highest BCUT2D eigenvalue weighted by atomic mass is 16.4. The van der Waals surface area contributed by atoms with E-state index in [0.717, 1.165) is 17.7 Å². The zero-order chi connectivity index (χ0) is 13.7. The summed E-state index contributed by atoms with van der Waals surface area (Å²) in [6, 6.07) is 5.18. The number of carbonyl (C=O) groups is 1. The average molecular weight is 249 g/mol. The molecule has 0 saturated heterocycles. The minimum Gasteiger partial charge on any atom is -0.423 e. The fraction of sp³-hybridized carbons (Fsp3) is 0.462. The number of rotatable bonds is 2. The molecule has 2 rings (SSSR count). The third-order valence-electron chi connectivity index (χ3n) is 2.90. The molecule has 18 heavy (non-hydrogen) atoms. The van der Waals surface area contributed by atoms with E-state index >= 15 is 0 Å². The van der Waals surface area contributed by atoms with E-state index in [2.05, 4.69) is 0 Å². The molecule has 1 aromatic carbocycles. The Morgan fingerprint density at radius 1 is 1.39 bits per heavy atom. The summed E-state index contributed by atoms with van der Waals surface area (Å²) < 4.78 is 0. The Morgan fingerprint density at radius 3 is 2.61 bits per heavy atom. The Balaban J connectivity index is 0.000000771. The molecule has 4 nitrogen and oxygen atoms in total. The van der Waals surface area contributed by atoms with Crippen LogP contribution in [0.5, 0.6) is 0 Å². The van der Waals surface area contributed by atoms with Crippen molar-refractivity contribution < 1.29 is 14.8 Å². The van der Waals surface area contributed by atoms with E-state index in [1.807, 2.05) is 20.8 Å². The van der Waals surface area contributed by atoms with Gasteiger partial charge in [-0.15, -0.1) is 0 Å². The smallest absolute Gasteiger partial charge is 0.423 e. The molecule has 1 aliphatic heterocycles. The van der Waals surface area contributed by atoms with Crippen LogP contribution in [0.15, 0.2) is 18.2 Å². The first-order chi connectivity index (χ1) is 8.63. The molecule has 1 amide bonds. The van der Waals surface area contributed by atoms with Crippen LogP contribution in [0.2, 0.25) is 0 Å². The summed E-state index contributed by atoms with van der Waals surface area (Å²) in [5, 5.41) is 18.1. The maximum atomic E-state index is 11.6. The van der Waals surface area contributed by atoms with Crippen molar-refractivity contribution in [3.63, 3.8) is 0 Å². The third kappa shape index (κ3) is 2.92. The van der Waals surface area contributed by atoms with Gasteiger partial charge in [-0.1, -0.05) is 32.9 Å². The molecule has 1 heterocycles. The van der Waals surface area contributed by atoms with Gasteiger partial charge in [0.2, 0.25) is 5.91 Å². The van der Waals surface area contributed by atoms with Gasteiger partial charge in [0.05, 0.1) is 0 Å². The number of amides is 1. The van der Waals surface area contributed by atoms with Crippen LogP contribution >= 0.6 is 0 Å². The van der Waals surface area contributed by atoms with Crippen LogP contribution < -0.4 is 10.4 Å². The van der Waals surface area contributed by atoms with E-state index in [4.69, 9.17) is 10.0 Å². The molecule has 0 aliphatic carbocycles. The minimum absolute atomic E-state index is 0.107. The summed E-state index contributed by atoms with van der Waals surface area (Å²) in [6.45, 7) is 6.53.